The predicted molar refractivity (Wildman–Crippen MR) is 149 cm³/mol. The molecule has 2 N–H and O–H groups in total. The van der Waals surface area contributed by atoms with Crippen LogP contribution in [0.5, 0.6) is 0 Å². The molecule has 2 aromatic carbocycles. The lowest BCUT2D eigenvalue weighted by Gasteiger charge is -2.34. The summed E-state index contributed by atoms with van der Waals surface area (Å²) < 4.78 is 21.1. The minimum absolute atomic E-state index is 0.0256. The third-order valence-corrected chi connectivity index (χ3v) is 9.02. The Kier molecular flexibility index (Phi) is 6.98. The van der Waals surface area contributed by atoms with E-state index >= 15 is 0 Å². The second-order valence-electron chi connectivity index (χ2n) is 11.9. The van der Waals surface area contributed by atoms with Gasteiger partial charge in [-0.3, -0.25) is 14.4 Å². The van der Waals surface area contributed by atoms with E-state index in [0.717, 1.165) is 37.7 Å². The van der Waals surface area contributed by atoms with E-state index in [4.69, 9.17) is 4.74 Å². The van der Waals surface area contributed by atoms with Gasteiger partial charge >= 0.3 is 0 Å². The van der Waals surface area contributed by atoms with Gasteiger partial charge in [-0.25, -0.2) is 4.39 Å². The monoisotopic (exact) mass is 545 g/mol. The van der Waals surface area contributed by atoms with Gasteiger partial charge in [0.05, 0.1) is 17.9 Å². The first kappa shape index (κ1) is 26.7. The molecular weight excluding hydrogens is 509 g/mol. The fourth-order valence-electron chi connectivity index (χ4n) is 6.95. The summed E-state index contributed by atoms with van der Waals surface area (Å²) in [6.45, 7) is 4.12. The molecule has 2 saturated heterocycles. The summed E-state index contributed by atoms with van der Waals surface area (Å²) in [5.41, 5.74) is 0.822. The number of benzene rings is 2. The Labute approximate surface area is 234 Å². The van der Waals surface area contributed by atoms with Gasteiger partial charge in [-0.1, -0.05) is 75.6 Å². The van der Waals surface area contributed by atoms with Crippen molar-refractivity contribution in [3.63, 3.8) is 0 Å². The highest BCUT2D eigenvalue weighted by molar-refractivity contribution is 6.02. The van der Waals surface area contributed by atoms with Crippen LogP contribution in [0.15, 0.2) is 60.7 Å². The molecule has 1 spiro atoms. The lowest BCUT2D eigenvalue weighted by molar-refractivity contribution is -0.142. The molecule has 1 aliphatic carbocycles. The van der Waals surface area contributed by atoms with E-state index in [0.29, 0.717) is 17.2 Å². The third kappa shape index (κ3) is 4.52. The average Bonchev–Trinajstić information content (AvgIpc) is 3.58. The molecule has 0 aromatic heterocycles. The Morgan fingerprint density at radius 3 is 2.48 bits per heavy atom. The molecule has 5 atom stereocenters. The molecule has 5 unspecified atom stereocenters. The third-order valence-electron chi connectivity index (χ3n) is 9.02. The highest BCUT2D eigenvalue weighted by Gasteiger charge is 2.72. The number of carbonyl (C=O) groups is 3. The van der Waals surface area contributed by atoms with Crippen LogP contribution in [0.25, 0.3) is 0 Å². The Morgan fingerprint density at radius 2 is 1.77 bits per heavy atom. The van der Waals surface area contributed by atoms with E-state index in [1.807, 2.05) is 24.3 Å². The molecule has 8 heteroatoms. The number of halogens is 1. The fourth-order valence-corrected chi connectivity index (χ4v) is 6.95. The first-order chi connectivity index (χ1) is 19.3. The topological polar surface area (TPSA) is 87.7 Å². The van der Waals surface area contributed by atoms with Crippen molar-refractivity contribution in [1.82, 2.24) is 10.2 Å². The smallest absolute Gasteiger partial charge is 0.246 e. The molecule has 2 aromatic rings. The Morgan fingerprint density at radius 1 is 1.05 bits per heavy atom. The van der Waals surface area contributed by atoms with Gasteiger partial charge in [-0.15, -0.1) is 0 Å². The molecule has 0 radical (unpaired) electrons. The summed E-state index contributed by atoms with van der Waals surface area (Å²) >= 11 is 0. The second-order valence-corrected chi connectivity index (χ2v) is 11.9. The molecule has 40 heavy (non-hydrogen) atoms. The highest BCUT2D eigenvalue weighted by Crippen LogP contribution is 2.55. The van der Waals surface area contributed by atoms with Crippen molar-refractivity contribution < 1.29 is 23.5 Å². The lowest BCUT2D eigenvalue weighted by atomic mass is 9.74. The quantitative estimate of drug-likeness (QED) is 0.495. The van der Waals surface area contributed by atoms with Gasteiger partial charge in [0.1, 0.15) is 17.5 Å². The van der Waals surface area contributed by atoms with Crippen molar-refractivity contribution >= 4 is 23.4 Å². The van der Waals surface area contributed by atoms with Crippen LogP contribution in [-0.4, -0.2) is 46.4 Å². The van der Waals surface area contributed by atoms with E-state index in [-0.39, 0.29) is 30.3 Å². The summed E-state index contributed by atoms with van der Waals surface area (Å²) in [6, 6.07) is 12.9. The zero-order valence-corrected chi connectivity index (χ0v) is 22.9. The van der Waals surface area contributed by atoms with E-state index in [9.17, 15) is 18.8 Å². The minimum Gasteiger partial charge on any atom is -0.359 e. The molecule has 7 nitrogen and oxygen atoms in total. The summed E-state index contributed by atoms with van der Waals surface area (Å²) in [7, 11) is 0. The van der Waals surface area contributed by atoms with Crippen molar-refractivity contribution in [2.75, 3.05) is 5.32 Å². The standard InChI is InChI=1S/C32H36FN3O4/c1-19(2)20-12-14-23(15-13-20)34-29(37)26-25-16-17-32(40-25)27(26)31(39)36(18-21-8-6-7-11-24(21)33)28(32)30(38)35-22-9-4-3-5-10-22/h6-8,11-17,19,22,25-28H,3-5,9-10,18H2,1-2H3,(H,34,37)(H,35,38). The summed E-state index contributed by atoms with van der Waals surface area (Å²) in [5.74, 6) is -2.78. The highest BCUT2D eigenvalue weighted by atomic mass is 19.1. The molecule has 2 bridgehead atoms. The maximum Gasteiger partial charge on any atom is 0.246 e. The molecule has 3 aliphatic heterocycles. The normalized spacial score (nSPS) is 29.2. The van der Waals surface area contributed by atoms with E-state index in [1.54, 1.807) is 30.4 Å². The van der Waals surface area contributed by atoms with Crippen LogP contribution < -0.4 is 10.6 Å². The van der Waals surface area contributed by atoms with Gasteiger partial charge in [0.15, 0.2) is 0 Å². The molecule has 3 fully saturated rings. The van der Waals surface area contributed by atoms with E-state index < -0.39 is 35.4 Å². The maximum atomic E-state index is 14.7. The molecule has 6 rings (SSSR count). The average molecular weight is 546 g/mol. The number of likely N-dealkylation sites (tertiary alicyclic amines) is 1. The number of nitrogens with one attached hydrogen (secondary N) is 2. The van der Waals surface area contributed by atoms with Gasteiger partial charge in [-0.05, 0) is 42.5 Å². The van der Waals surface area contributed by atoms with Crippen molar-refractivity contribution in [3.05, 3.63) is 77.6 Å². The van der Waals surface area contributed by atoms with E-state index in [1.165, 1.54) is 11.0 Å². The van der Waals surface area contributed by atoms with Crippen molar-refractivity contribution in [1.29, 1.82) is 0 Å². The van der Waals surface area contributed by atoms with Crippen LogP contribution in [0.3, 0.4) is 0 Å². The second kappa shape index (κ2) is 10.5. The molecule has 210 valence electrons. The molecule has 3 amide bonds. The van der Waals surface area contributed by atoms with Gasteiger partial charge in [0.25, 0.3) is 0 Å². The van der Waals surface area contributed by atoms with Crippen LogP contribution >= 0.6 is 0 Å². The van der Waals surface area contributed by atoms with Gasteiger partial charge in [-0.2, -0.15) is 0 Å². The number of nitrogens with zero attached hydrogens (tertiary/aromatic N) is 1. The Bertz CT molecular complexity index is 1340. The number of amides is 3. The Hall–Kier alpha value is -3.52. The van der Waals surface area contributed by atoms with Gasteiger partial charge < -0.3 is 20.3 Å². The molecule has 4 aliphatic rings. The van der Waals surface area contributed by atoms with Crippen LogP contribution in [-0.2, 0) is 25.7 Å². The molecular formula is C32H36FN3O4. The number of carbonyl (C=O) groups excluding carboxylic acids is 3. The van der Waals surface area contributed by atoms with Crippen LogP contribution in [0.2, 0.25) is 0 Å². The van der Waals surface area contributed by atoms with Crippen molar-refractivity contribution in [2.24, 2.45) is 11.8 Å². The zero-order valence-electron chi connectivity index (χ0n) is 22.9. The molecule has 3 heterocycles. The number of ether oxygens (including phenoxy) is 1. The van der Waals surface area contributed by atoms with Crippen LogP contribution in [0, 0.1) is 17.7 Å². The number of hydrogen-bond donors (Lipinski definition) is 2. The number of anilines is 1. The van der Waals surface area contributed by atoms with Crippen LogP contribution in [0.1, 0.15) is 63.0 Å². The number of rotatable bonds is 7. The van der Waals surface area contributed by atoms with Crippen LogP contribution in [0.4, 0.5) is 10.1 Å². The summed E-state index contributed by atoms with van der Waals surface area (Å²) in [4.78, 5) is 43.1. The van der Waals surface area contributed by atoms with Gasteiger partial charge in [0.2, 0.25) is 17.7 Å². The largest absolute Gasteiger partial charge is 0.359 e. The van der Waals surface area contributed by atoms with Crippen molar-refractivity contribution in [3.8, 4) is 0 Å². The summed E-state index contributed by atoms with van der Waals surface area (Å²) in [5, 5.41) is 6.12. The zero-order chi connectivity index (χ0) is 28.0. The molecule has 1 saturated carbocycles. The maximum absolute atomic E-state index is 14.7. The first-order valence-electron chi connectivity index (χ1n) is 14.4. The number of hydrogen-bond acceptors (Lipinski definition) is 4. The van der Waals surface area contributed by atoms with Crippen molar-refractivity contribution in [2.45, 2.75) is 82.2 Å². The van der Waals surface area contributed by atoms with Gasteiger partial charge in [0, 0.05) is 23.8 Å². The SMILES string of the molecule is CC(C)c1ccc(NC(=O)C2C3C=CC4(O3)C2C(=O)N(Cc2ccccc2F)C4C(=O)NC2CCCCC2)cc1. The predicted octanol–water partition coefficient (Wildman–Crippen LogP) is 4.69. The lowest BCUT2D eigenvalue weighted by Crippen LogP contribution is -2.56. The summed E-state index contributed by atoms with van der Waals surface area (Å²) in [6.07, 6.45) is 7.96. The van der Waals surface area contributed by atoms with E-state index in [2.05, 4.69) is 24.5 Å². The minimum atomic E-state index is -1.28. The first-order valence-corrected chi connectivity index (χ1v) is 14.4. The number of fused-ring (bicyclic) bond motifs is 1. The fraction of sp³-hybridized carbons (Fsp3) is 0.469. The Balaban J connectivity index is 1.31.